The van der Waals surface area contributed by atoms with Crippen LogP contribution in [0.3, 0.4) is 0 Å². The Bertz CT molecular complexity index is 9810. The van der Waals surface area contributed by atoms with E-state index in [2.05, 4.69) is 262 Å². The summed E-state index contributed by atoms with van der Waals surface area (Å²) in [5, 5.41) is 76.9. The molecule has 29 rings (SSSR count). The Morgan fingerprint density at radius 3 is 0.911 bits per heavy atom. The van der Waals surface area contributed by atoms with E-state index in [1.165, 1.54) is 41.0 Å². The van der Waals surface area contributed by atoms with Crippen LogP contribution in [0.2, 0.25) is 0 Å². The second-order valence-corrected chi connectivity index (χ2v) is 38.5. The Hall–Kier alpha value is -15.9. The fraction of sp³-hybridized carbons (Fsp3) is 0. The van der Waals surface area contributed by atoms with Gasteiger partial charge in [-0.3, -0.25) is 0 Å². The number of para-hydroxylation sites is 5. The van der Waals surface area contributed by atoms with Crippen molar-refractivity contribution in [3.8, 4) is 122 Å². The van der Waals surface area contributed by atoms with Crippen LogP contribution < -0.4 is 116 Å². The number of benzene rings is 21. The molecule has 20 heteroatoms. The first kappa shape index (κ1) is 94.9. The Balaban J connectivity index is 0.000000110. The molecule has 0 bridgehead atoms. The van der Waals surface area contributed by atoms with Crippen molar-refractivity contribution in [3.63, 3.8) is 0 Å². The van der Waals surface area contributed by atoms with Gasteiger partial charge in [0.25, 0.3) is 0 Å². The van der Waals surface area contributed by atoms with Gasteiger partial charge in [0.15, 0.2) is 30.4 Å². The summed E-state index contributed by atoms with van der Waals surface area (Å²) in [5.74, 6) is 0.606. The zero-order chi connectivity index (χ0) is 94.6. The zero-order valence-corrected chi connectivity index (χ0v) is 82.1. The van der Waals surface area contributed by atoms with Crippen molar-refractivity contribution < 1.29 is 120 Å². The van der Waals surface area contributed by atoms with Gasteiger partial charge in [0.2, 0.25) is 28.0 Å². The van der Waals surface area contributed by atoms with Crippen molar-refractivity contribution >= 4 is 206 Å². The van der Waals surface area contributed by atoms with E-state index in [-0.39, 0.29) is 98.4 Å². The van der Waals surface area contributed by atoms with E-state index in [1.54, 1.807) is 64.7 Å². The topological polar surface area (TPSA) is 213 Å². The molecule has 0 unspecified atom stereocenters. The molecule has 29 aromatic rings. The van der Waals surface area contributed by atoms with Gasteiger partial charge in [0.1, 0.15) is 20.5 Å². The minimum atomic E-state index is -0.00113. The minimum Gasteiger partial charge on any atom is -0.868 e. The molecule has 0 aliphatic rings. The van der Waals surface area contributed by atoms with Crippen LogP contribution >= 0.6 is 34.0 Å². The minimum absolute atomic E-state index is 0. The van der Waals surface area contributed by atoms with Crippen LogP contribution in [-0.4, -0.2) is 19.9 Å². The maximum atomic E-state index is 13.6. The van der Waals surface area contributed by atoms with E-state index >= 15 is 0 Å². The van der Waals surface area contributed by atoms with Crippen LogP contribution in [0.15, 0.2) is 442 Å². The van der Waals surface area contributed by atoms with Crippen LogP contribution in [0, 0.1) is 0 Å². The Morgan fingerprint density at radius 1 is 0.205 bits per heavy atom. The van der Waals surface area contributed by atoms with Gasteiger partial charge in [0, 0.05) is 57.3 Å². The number of aromatic amines is 4. The summed E-state index contributed by atoms with van der Waals surface area (Å²) in [6.45, 7) is 0. The quantitative estimate of drug-likeness (QED) is 0.0991. The molecule has 4 N–H and O–H groups in total. The molecule has 8 heterocycles. The second-order valence-electron chi connectivity index (χ2n) is 35.5. The molecule has 0 saturated carbocycles. The summed E-state index contributed by atoms with van der Waals surface area (Å²) >= 11 is 5.14. The SMILES string of the molecule is [Li+].[Li+].[Li+].[Li+].[O-]c1c(-c2c3ccccc3cc3cc(-c4nc5ccccc5o4)ccc23)ccc2ccc[nH+]c12.[O-]c1c(-c2c3ccccc3cc3cc(-c4nc5ccccc5s4)ccc23)ccc2ccc[nH+]c12.[O-]c1ccc(-c2c3ccccc3cc3cc(-c4ccc(-c5nc6ccccc6s5)cc4)ccc23)c2ccc[nH+]c12.[O-]c1ccc(-c2c3ccccc3cc3cc(-c4nc5ccccc5s4)ccc23)c2ccc[nH+]c12. The van der Waals surface area contributed by atoms with Gasteiger partial charge in [-0.1, -0.05) is 249 Å². The summed E-state index contributed by atoms with van der Waals surface area (Å²) in [4.78, 5) is 31.8. The summed E-state index contributed by atoms with van der Waals surface area (Å²) in [5.41, 5.74) is 21.5. The van der Waals surface area contributed by atoms with Gasteiger partial charge in [-0.05, 0) is 304 Å². The molecule has 8 aromatic heterocycles. The van der Waals surface area contributed by atoms with Crippen LogP contribution in [0.25, 0.3) is 270 Å². The number of hydrogen-bond donors (Lipinski definition) is 0. The third-order valence-corrected chi connectivity index (χ3v) is 30.3. The molecule has 0 aliphatic heterocycles. The average molecular weight is 1910 g/mol. The maximum Gasteiger partial charge on any atom is 1.00 e. The van der Waals surface area contributed by atoms with Crippen molar-refractivity contribution in [1.82, 2.24) is 19.9 Å². The van der Waals surface area contributed by atoms with Gasteiger partial charge in [-0.2, -0.15) is 0 Å². The van der Waals surface area contributed by atoms with Gasteiger partial charge < -0.3 is 24.8 Å². The number of nitrogens with zero attached hydrogens (tertiary/aromatic N) is 4. The molecule has 0 spiro atoms. The molecule has 0 radical (unpaired) electrons. The van der Waals surface area contributed by atoms with Crippen molar-refractivity contribution in [1.29, 1.82) is 0 Å². The molecule has 0 amide bonds. The first-order valence-electron chi connectivity index (χ1n) is 46.8. The summed E-state index contributed by atoms with van der Waals surface area (Å²) < 4.78 is 9.58. The van der Waals surface area contributed by atoms with Gasteiger partial charge >= 0.3 is 75.4 Å². The van der Waals surface area contributed by atoms with Crippen LogP contribution in [-0.2, 0) is 0 Å². The number of rotatable bonds is 9. The van der Waals surface area contributed by atoms with E-state index in [9.17, 15) is 20.4 Å². The van der Waals surface area contributed by atoms with E-state index < -0.39 is 0 Å². The monoisotopic (exact) mass is 1900 g/mol. The van der Waals surface area contributed by atoms with E-state index in [1.807, 2.05) is 170 Å². The number of oxazole rings is 1. The van der Waals surface area contributed by atoms with Crippen molar-refractivity contribution in [2.45, 2.75) is 0 Å². The zero-order valence-electron chi connectivity index (χ0n) is 79.6. The van der Waals surface area contributed by atoms with Gasteiger partial charge in [-0.15, -0.1) is 34.0 Å². The van der Waals surface area contributed by atoms with Crippen molar-refractivity contribution in [2.75, 3.05) is 0 Å². The molecule has 668 valence electrons. The van der Waals surface area contributed by atoms with Crippen molar-refractivity contribution in [2.24, 2.45) is 0 Å². The molecule has 21 aromatic carbocycles. The predicted octanol–water partition coefficient (Wildman–Crippen LogP) is 17.1. The number of fused-ring (bicyclic) bond motifs is 16. The summed E-state index contributed by atoms with van der Waals surface area (Å²) in [7, 11) is 0. The molecule has 0 saturated heterocycles. The van der Waals surface area contributed by atoms with Crippen LogP contribution in [0.5, 0.6) is 23.0 Å². The fourth-order valence-electron chi connectivity index (χ4n) is 20.4. The van der Waals surface area contributed by atoms with Gasteiger partial charge in [0.05, 0.1) is 41.4 Å². The third kappa shape index (κ3) is 17.3. The first-order chi connectivity index (χ1) is 70.0. The Labute approximate surface area is 896 Å². The van der Waals surface area contributed by atoms with E-state index in [0.29, 0.717) is 39.1 Å². The van der Waals surface area contributed by atoms with E-state index in [0.717, 1.165) is 190 Å². The maximum absolute atomic E-state index is 13.6. The van der Waals surface area contributed by atoms with E-state index in [4.69, 9.17) is 19.4 Å². The third-order valence-electron chi connectivity index (χ3n) is 27.1. The summed E-state index contributed by atoms with van der Waals surface area (Å²) in [6, 6.07) is 140. The average Bonchev–Trinajstić information content (AvgIpc) is 1.24. The Morgan fingerprint density at radius 2 is 0.500 bits per heavy atom. The number of thiazole rings is 3. The number of hydrogen-bond acceptors (Lipinski definition) is 12. The second kappa shape index (κ2) is 40.0. The van der Waals surface area contributed by atoms with Crippen molar-refractivity contribution in [3.05, 3.63) is 437 Å². The first-order valence-corrected chi connectivity index (χ1v) is 49.3. The number of aromatic nitrogens is 8. The molecular weight excluding hydrogens is 1830 g/mol. The Kier molecular flexibility index (Phi) is 26.0. The number of pyridine rings is 4. The number of nitrogens with one attached hydrogen (secondary N) is 4. The largest absolute Gasteiger partial charge is 1.00 e. The molecule has 0 atom stereocenters. The molecular formula is C126H76Li4N8O5S3+4. The van der Waals surface area contributed by atoms with Gasteiger partial charge in [-0.25, -0.2) is 39.9 Å². The predicted molar refractivity (Wildman–Crippen MR) is 576 cm³/mol. The molecule has 0 aliphatic carbocycles. The standard InChI is InChI=1S/C36H22N2OS.C30H18N2O2.2C30H18N2OS.4Li/c39-32-18-17-29(30-8-5-19-37-35(30)32)34-27-7-2-1-6-25(27)21-26-20-24(15-16-28(26)34)22-11-13-23(14-12-22)36-38-31-9-3-4-10-33(31)40-36;2*33-29-24(14-11-18-7-5-15-31-28(18)29)27-22-8-2-1-6-19(22)16-21-17-20(12-13-23(21)27)30-32-25-9-3-4-10-26(25)34-30;33-26-14-13-23(24-8-5-15-31-29(24)26)28-21-7-2-1-6-18(21)16-20-17-19(11-12-22(20)28)30-32-25-9-3-4-10-27(25)34-30;;;;/h1-21,39H;3*1-17,33H;;;;/q;;;;4*+1. The van der Waals surface area contributed by atoms with Crippen LogP contribution in [0.1, 0.15) is 0 Å². The molecule has 0 fully saturated rings. The smallest absolute Gasteiger partial charge is 0.868 e. The number of H-pyrrole nitrogens is 4. The molecule has 13 nitrogen and oxygen atoms in total. The summed E-state index contributed by atoms with van der Waals surface area (Å²) in [6.07, 6.45) is 7.21. The normalized spacial score (nSPS) is 11.3. The molecule has 146 heavy (non-hydrogen) atoms. The van der Waals surface area contributed by atoms with Crippen LogP contribution in [0.4, 0.5) is 0 Å². The fourth-order valence-corrected chi connectivity index (χ4v) is 23.3.